The van der Waals surface area contributed by atoms with Gasteiger partial charge in [0.25, 0.3) is 5.69 Å². The van der Waals surface area contributed by atoms with Gasteiger partial charge in [-0.25, -0.2) is 0 Å². The number of hydrogen-bond donors (Lipinski definition) is 1. The molecule has 1 N–H and O–H groups in total. The van der Waals surface area contributed by atoms with Crippen LogP contribution in [0.15, 0.2) is 23.1 Å². The van der Waals surface area contributed by atoms with E-state index in [1.54, 1.807) is 26.0 Å². The van der Waals surface area contributed by atoms with Crippen LogP contribution in [0.4, 0.5) is 5.69 Å². The molecule has 0 saturated heterocycles. The Bertz CT molecular complexity index is 447. The number of nitrogens with zero attached hydrogens (tertiary/aromatic N) is 1. The number of carbonyl (C=O) groups is 1. The van der Waals surface area contributed by atoms with Crippen molar-refractivity contribution in [2.45, 2.75) is 30.4 Å². The maximum absolute atomic E-state index is 10.9. The summed E-state index contributed by atoms with van der Waals surface area (Å²) >= 11 is 1.04. The minimum absolute atomic E-state index is 0.0327. The van der Waals surface area contributed by atoms with Crippen molar-refractivity contribution in [3.05, 3.63) is 33.9 Å². The highest BCUT2D eigenvalue weighted by molar-refractivity contribution is 8.00. The van der Waals surface area contributed by atoms with E-state index in [1.807, 2.05) is 0 Å². The van der Waals surface area contributed by atoms with E-state index in [9.17, 15) is 14.9 Å². The summed E-state index contributed by atoms with van der Waals surface area (Å²) in [5.74, 6) is -0.949. The Morgan fingerprint density at radius 3 is 2.71 bits per heavy atom. The van der Waals surface area contributed by atoms with Gasteiger partial charge in [0.2, 0.25) is 0 Å². The summed E-state index contributed by atoms with van der Waals surface area (Å²) in [5, 5.41) is 19.2. The van der Waals surface area contributed by atoms with Gasteiger partial charge < -0.3 is 5.11 Å². The Hall–Kier alpha value is -1.56. The summed E-state index contributed by atoms with van der Waals surface area (Å²) in [6.07, 6.45) is 0.422. The van der Waals surface area contributed by atoms with Crippen LogP contribution in [0.2, 0.25) is 0 Å². The zero-order valence-corrected chi connectivity index (χ0v) is 10.4. The first-order valence-electron chi connectivity index (χ1n) is 5.10. The minimum atomic E-state index is -0.949. The number of aryl methyl sites for hydroxylation is 1. The molecule has 0 radical (unpaired) electrons. The number of thioether (sulfide) groups is 1. The van der Waals surface area contributed by atoms with Gasteiger partial charge in [-0.3, -0.25) is 14.9 Å². The quantitative estimate of drug-likeness (QED) is 0.497. The van der Waals surface area contributed by atoms with E-state index in [-0.39, 0.29) is 5.69 Å². The average molecular weight is 255 g/mol. The third kappa shape index (κ3) is 3.20. The number of nitro groups is 1. The molecule has 0 bridgehead atoms. The van der Waals surface area contributed by atoms with Crippen LogP contribution in [0.5, 0.6) is 0 Å². The molecule has 1 rings (SSSR count). The molecule has 92 valence electrons. The highest BCUT2D eigenvalue weighted by Crippen LogP contribution is 2.35. The Balaban J connectivity index is 3.12. The molecular formula is C11H13NO4S. The van der Waals surface area contributed by atoms with Crippen LogP contribution in [-0.4, -0.2) is 21.2 Å². The molecule has 0 amide bonds. The molecular weight excluding hydrogens is 242 g/mol. The lowest BCUT2D eigenvalue weighted by atomic mass is 10.2. The van der Waals surface area contributed by atoms with Gasteiger partial charge in [-0.15, -0.1) is 11.8 Å². The summed E-state index contributed by atoms with van der Waals surface area (Å²) in [6, 6.07) is 4.73. The summed E-state index contributed by atoms with van der Waals surface area (Å²) < 4.78 is 0. The molecule has 0 fully saturated rings. The first-order chi connectivity index (χ1) is 7.97. The van der Waals surface area contributed by atoms with Gasteiger partial charge in [0.1, 0.15) is 5.25 Å². The average Bonchev–Trinajstić information content (AvgIpc) is 2.26. The topological polar surface area (TPSA) is 80.4 Å². The number of nitro benzene ring substituents is 1. The molecule has 1 atom stereocenters. The molecule has 0 saturated carbocycles. The highest BCUT2D eigenvalue weighted by Gasteiger charge is 2.23. The summed E-state index contributed by atoms with van der Waals surface area (Å²) in [6.45, 7) is 3.49. The predicted molar refractivity (Wildman–Crippen MR) is 65.4 cm³/mol. The second-order valence-corrected chi connectivity index (χ2v) is 4.75. The zero-order chi connectivity index (χ0) is 13.0. The van der Waals surface area contributed by atoms with Crippen LogP contribution >= 0.6 is 11.8 Å². The number of benzene rings is 1. The van der Waals surface area contributed by atoms with E-state index < -0.39 is 16.1 Å². The molecule has 5 nitrogen and oxygen atoms in total. The van der Waals surface area contributed by atoms with Gasteiger partial charge in [-0.2, -0.15) is 0 Å². The maximum Gasteiger partial charge on any atom is 0.316 e. The number of aliphatic carboxylic acids is 1. The fraction of sp³-hybridized carbons (Fsp3) is 0.364. The molecule has 1 aromatic rings. The van der Waals surface area contributed by atoms with Crippen molar-refractivity contribution in [1.29, 1.82) is 0 Å². The number of carboxylic acid groups (broad SMARTS) is 1. The van der Waals surface area contributed by atoms with Gasteiger partial charge in [0.05, 0.1) is 9.82 Å². The molecule has 0 spiro atoms. The van der Waals surface area contributed by atoms with E-state index in [0.29, 0.717) is 11.3 Å². The molecule has 0 aliphatic carbocycles. The monoisotopic (exact) mass is 255 g/mol. The third-order valence-corrected chi connectivity index (χ3v) is 3.88. The minimum Gasteiger partial charge on any atom is -0.480 e. The van der Waals surface area contributed by atoms with Gasteiger partial charge >= 0.3 is 5.97 Å². The Labute approximate surface area is 103 Å². The van der Waals surface area contributed by atoms with Crippen LogP contribution in [0.1, 0.15) is 18.9 Å². The Morgan fingerprint density at radius 2 is 2.24 bits per heavy atom. The molecule has 0 aliphatic heterocycles. The zero-order valence-electron chi connectivity index (χ0n) is 9.54. The summed E-state index contributed by atoms with van der Waals surface area (Å²) in [5.41, 5.74) is 0.693. The third-order valence-electron chi connectivity index (χ3n) is 2.29. The fourth-order valence-electron chi connectivity index (χ4n) is 1.38. The molecule has 1 aromatic carbocycles. The van der Waals surface area contributed by atoms with Crippen LogP contribution < -0.4 is 0 Å². The van der Waals surface area contributed by atoms with Gasteiger partial charge in [-0.1, -0.05) is 19.1 Å². The normalized spacial score (nSPS) is 12.1. The van der Waals surface area contributed by atoms with Crippen LogP contribution in [0.25, 0.3) is 0 Å². The molecule has 1 unspecified atom stereocenters. The lowest BCUT2D eigenvalue weighted by Gasteiger charge is -2.11. The maximum atomic E-state index is 10.9. The molecule has 17 heavy (non-hydrogen) atoms. The van der Waals surface area contributed by atoms with E-state index >= 15 is 0 Å². The van der Waals surface area contributed by atoms with Gasteiger partial charge in [0, 0.05) is 6.07 Å². The molecule has 0 heterocycles. The van der Waals surface area contributed by atoms with E-state index in [4.69, 9.17) is 5.11 Å². The van der Waals surface area contributed by atoms with Crippen molar-refractivity contribution >= 4 is 23.4 Å². The number of rotatable bonds is 5. The smallest absolute Gasteiger partial charge is 0.316 e. The van der Waals surface area contributed by atoms with Crippen molar-refractivity contribution in [3.63, 3.8) is 0 Å². The van der Waals surface area contributed by atoms with Crippen molar-refractivity contribution in [2.75, 3.05) is 0 Å². The first-order valence-corrected chi connectivity index (χ1v) is 5.98. The van der Waals surface area contributed by atoms with E-state index in [1.165, 1.54) is 6.07 Å². The van der Waals surface area contributed by atoms with Crippen LogP contribution in [-0.2, 0) is 4.79 Å². The SMILES string of the molecule is CCC(Sc1c(C)cccc1[N+](=O)[O-])C(=O)O. The highest BCUT2D eigenvalue weighted by atomic mass is 32.2. The first kappa shape index (κ1) is 13.5. The largest absolute Gasteiger partial charge is 0.480 e. The van der Waals surface area contributed by atoms with Crippen molar-refractivity contribution in [1.82, 2.24) is 0 Å². The van der Waals surface area contributed by atoms with E-state index in [0.717, 1.165) is 17.3 Å². The van der Waals surface area contributed by atoms with Crippen LogP contribution in [0.3, 0.4) is 0 Å². The predicted octanol–water partition coefficient (Wildman–Crippen LogP) is 2.86. The van der Waals surface area contributed by atoms with Gasteiger partial charge in [-0.05, 0) is 18.9 Å². The van der Waals surface area contributed by atoms with Crippen molar-refractivity contribution in [2.24, 2.45) is 0 Å². The molecule has 6 heteroatoms. The standard InChI is InChI=1S/C11H13NO4S/c1-3-9(11(13)14)17-10-7(2)5-4-6-8(10)12(15)16/h4-6,9H,3H2,1-2H3,(H,13,14). The molecule has 0 aliphatic rings. The van der Waals surface area contributed by atoms with Crippen molar-refractivity contribution in [3.8, 4) is 0 Å². The number of hydrogen-bond acceptors (Lipinski definition) is 4. The second-order valence-electron chi connectivity index (χ2n) is 3.53. The fourth-order valence-corrected chi connectivity index (χ4v) is 2.45. The van der Waals surface area contributed by atoms with Gasteiger partial charge in [0.15, 0.2) is 0 Å². The second kappa shape index (κ2) is 5.67. The van der Waals surface area contributed by atoms with Crippen molar-refractivity contribution < 1.29 is 14.8 Å². The lowest BCUT2D eigenvalue weighted by molar-refractivity contribution is -0.387. The number of carboxylic acids is 1. The summed E-state index contributed by atoms with van der Waals surface area (Å²) in [4.78, 5) is 21.7. The Morgan fingerprint density at radius 1 is 1.59 bits per heavy atom. The van der Waals surface area contributed by atoms with Crippen LogP contribution in [0, 0.1) is 17.0 Å². The van der Waals surface area contributed by atoms with E-state index in [2.05, 4.69) is 0 Å². The Kier molecular flexibility index (Phi) is 4.51. The summed E-state index contributed by atoms with van der Waals surface area (Å²) in [7, 11) is 0. The molecule has 0 aromatic heterocycles. The lowest BCUT2D eigenvalue weighted by Crippen LogP contribution is -2.15.